The molecule has 0 aliphatic rings. The molecule has 2 aromatic rings. The third-order valence-electron chi connectivity index (χ3n) is 1.72. The molecule has 0 unspecified atom stereocenters. The molecule has 1 aromatic heterocycles. The summed E-state index contributed by atoms with van der Waals surface area (Å²) in [5.74, 6) is 1.16. The molecular formula is C10H8N2O3. The van der Waals surface area contributed by atoms with Crippen molar-refractivity contribution >= 4 is 0 Å². The van der Waals surface area contributed by atoms with E-state index in [1.54, 1.807) is 12.1 Å². The SMILES string of the molecule is O=c1ncc(Oc2ccc(O)cc2)c[nH]1. The first-order chi connectivity index (χ1) is 7.24. The minimum atomic E-state index is -0.423. The van der Waals surface area contributed by atoms with E-state index in [0.29, 0.717) is 11.5 Å². The van der Waals surface area contributed by atoms with Gasteiger partial charge in [-0.1, -0.05) is 0 Å². The second-order valence-electron chi connectivity index (χ2n) is 2.85. The lowest BCUT2D eigenvalue weighted by atomic mass is 10.3. The van der Waals surface area contributed by atoms with Gasteiger partial charge in [0.1, 0.15) is 11.5 Å². The predicted octanol–water partition coefficient (Wildman–Crippen LogP) is 1.27. The average Bonchev–Trinajstić information content (AvgIpc) is 2.25. The van der Waals surface area contributed by atoms with Crippen LogP contribution in [0.1, 0.15) is 0 Å². The van der Waals surface area contributed by atoms with E-state index in [-0.39, 0.29) is 5.75 Å². The lowest BCUT2D eigenvalue weighted by molar-refractivity contribution is 0.462. The van der Waals surface area contributed by atoms with Crippen LogP contribution >= 0.6 is 0 Å². The fourth-order valence-corrected chi connectivity index (χ4v) is 1.04. The molecule has 15 heavy (non-hydrogen) atoms. The predicted molar refractivity (Wildman–Crippen MR) is 53.0 cm³/mol. The minimum absolute atomic E-state index is 0.168. The quantitative estimate of drug-likeness (QED) is 0.772. The lowest BCUT2D eigenvalue weighted by Crippen LogP contribution is -2.07. The number of hydrogen-bond acceptors (Lipinski definition) is 4. The zero-order valence-electron chi connectivity index (χ0n) is 7.68. The minimum Gasteiger partial charge on any atom is -0.508 e. The molecule has 0 saturated heterocycles. The van der Waals surface area contributed by atoms with Crippen LogP contribution in [-0.4, -0.2) is 15.1 Å². The highest BCUT2D eigenvalue weighted by molar-refractivity contribution is 5.33. The Labute approximate surface area is 85.0 Å². The standard InChI is InChI=1S/C10H8N2O3/c13-7-1-3-8(4-2-7)15-9-5-11-10(14)12-6-9/h1-6,13H,(H,11,12,14). The summed E-state index contributed by atoms with van der Waals surface area (Å²) in [7, 11) is 0. The molecule has 0 amide bonds. The first-order valence-corrected chi connectivity index (χ1v) is 4.26. The molecule has 0 bridgehead atoms. The van der Waals surface area contributed by atoms with Crippen LogP contribution in [0, 0.1) is 0 Å². The average molecular weight is 204 g/mol. The largest absolute Gasteiger partial charge is 0.508 e. The Kier molecular flexibility index (Phi) is 2.37. The fraction of sp³-hybridized carbons (Fsp3) is 0. The number of phenols is 1. The van der Waals surface area contributed by atoms with Crippen LogP contribution in [-0.2, 0) is 0 Å². The Bertz CT molecular complexity index is 484. The van der Waals surface area contributed by atoms with Gasteiger partial charge in [-0.25, -0.2) is 4.79 Å². The number of phenolic OH excluding ortho intramolecular Hbond substituents is 1. The third kappa shape index (κ3) is 2.34. The number of nitrogens with one attached hydrogen (secondary N) is 1. The normalized spacial score (nSPS) is 9.87. The number of aromatic amines is 1. The van der Waals surface area contributed by atoms with Gasteiger partial charge in [-0.05, 0) is 24.3 Å². The molecule has 5 nitrogen and oxygen atoms in total. The Morgan fingerprint density at radius 3 is 2.53 bits per heavy atom. The number of benzene rings is 1. The van der Waals surface area contributed by atoms with Crippen LogP contribution in [0.3, 0.4) is 0 Å². The highest BCUT2D eigenvalue weighted by Crippen LogP contribution is 2.21. The molecule has 0 aliphatic carbocycles. The van der Waals surface area contributed by atoms with Crippen molar-refractivity contribution in [2.75, 3.05) is 0 Å². The van der Waals surface area contributed by atoms with Gasteiger partial charge in [-0.2, -0.15) is 4.98 Å². The second kappa shape index (κ2) is 3.83. The molecule has 0 atom stereocenters. The number of nitrogens with zero attached hydrogens (tertiary/aromatic N) is 1. The summed E-state index contributed by atoms with van der Waals surface area (Å²) >= 11 is 0. The van der Waals surface area contributed by atoms with Gasteiger partial charge < -0.3 is 14.8 Å². The molecule has 2 N–H and O–H groups in total. The van der Waals surface area contributed by atoms with Gasteiger partial charge in [0.2, 0.25) is 0 Å². The second-order valence-corrected chi connectivity index (χ2v) is 2.85. The number of hydrogen-bond donors (Lipinski definition) is 2. The Balaban J connectivity index is 2.18. The van der Waals surface area contributed by atoms with E-state index < -0.39 is 5.69 Å². The van der Waals surface area contributed by atoms with Crippen molar-refractivity contribution in [2.45, 2.75) is 0 Å². The van der Waals surface area contributed by atoms with Crippen molar-refractivity contribution in [3.63, 3.8) is 0 Å². The van der Waals surface area contributed by atoms with Crippen molar-refractivity contribution in [3.05, 3.63) is 47.1 Å². The van der Waals surface area contributed by atoms with E-state index in [1.807, 2.05) is 0 Å². The molecule has 76 valence electrons. The molecule has 0 radical (unpaired) electrons. The van der Waals surface area contributed by atoms with Crippen molar-refractivity contribution in [1.82, 2.24) is 9.97 Å². The van der Waals surface area contributed by atoms with Crippen molar-refractivity contribution in [2.24, 2.45) is 0 Å². The van der Waals surface area contributed by atoms with Gasteiger partial charge in [-0.15, -0.1) is 0 Å². The van der Waals surface area contributed by atoms with Crippen LogP contribution < -0.4 is 10.4 Å². The van der Waals surface area contributed by atoms with E-state index in [4.69, 9.17) is 9.84 Å². The maximum atomic E-state index is 10.7. The first kappa shape index (κ1) is 9.26. The van der Waals surface area contributed by atoms with Crippen LogP contribution in [0.15, 0.2) is 41.5 Å². The first-order valence-electron chi connectivity index (χ1n) is 4.26. The van der Waals surface area contributed by atoms with Crippen LogP contribution in [0.5, 0.6) is 17.2 Å². The number of H-pyrrole nitrogens is 1. The summed E-state index contributed by atoms with van der Waals surface area (Å²) in [6, 6.07) is 6.24. The number of ether oxygens (including phenoxy) is 1. The van der Waals surface area contributed by atoms with Gasteiger partial charge in [-0.3, -0.25) is 0 Å². The van der Waals surface area contributed by atoms with E-state index in [9.17, 15) is 4.79 Å². The molecule has 2 rings (SSSR count). The van der Waals surface area contributed by atoms with Gasteiger partial charge in [0.05, 0.1) is 12.4 Å². The van der Waals surface area contributed by atoms with Gasteiger partial charge in [0, 0.05) is 0 Å². The van der Waals surface area contributed by atoms with Crippen LogP contribution in [0.4, 0.5) is 0 Å². The van der Waals surface area contributed by atoms with E-state index in [1.165, 1.54) is 24.5 Å². The van der Waals surface area contributed by atoms with Crippen molar-refractivity contribution in [3.8, 4) is 17.2 Å². The maximum absolute atomic E-state index is 10.7. The van der Waals surface area contributed by atoms with Crippen LogP contribution in [0.2, 0.25) is 0 Å². The zero-order chi connectivity index (χ0) is 10.7. The maximum Gasteiger partial charge on any atom is 0.345 e. The Hall–Kier alpha value is -2.30. The zero-order valence-corrected chi connectivity index (χ0v) is 7.68. The van der Waals surface area contributed by atoms with Crippen molar-refractivity contribution < 1.29 is 9.84 Å². The van der Waals surface area contributed by atoms with Crippen molar-refractivity contribution in [1.29, 1.82) is 0 Å². The molecule has 0 spiro atoms. The summed E-state index contributed by atoms with van der Waals surface area (Å²) in [5.41, 5.74) is -0.423. The fourth-order valence-electron chi connectivity index (χ4n) is 1.04. The molecule has 1 aromatic carbocycles. The van der Waals surface area contributed by atoms with Gasteiger partial charge >= 0.3 is 5.69 Å². The Morgan fingerprint density at radius 1 is 1.20 bits per heavy atom. The lowest BCUT2D eigenvalue weighted by Gasteiger charge is -2.03. The summed E-state index contributed by atoms with van der Waals surface area (Å²) < 4.78 is 5.34. The van der Waals surface area contributed by atoms with Crippen LogP contribution in [0.25, 0.3) is 0 Å². The summed E-state index contributed by atoms with van der Waals surface area (Å²) in [5, 5.41) is 9.04. The molecular weight excluding hydrogens is 196 g/mol. The summed E-state index contributed by atoms with van der Waals surface area (Å²) in [6.45, 7) is 0. The van der Waals surface area contributed by atoms with E-state index in [2.05, 4.69) is 9.97 Å². The summed E-state index contributed by atoms with van der Waals surface area (Å²) in [6.07, 6.45) is 2.74. The summed E-state index contributed by atoms with van der Waals surface area (Å²) in [4.78, 5) is 16.6. The Morgan fingerprint density at radius 2 is 1.93 bits per heavy atom. The molecule has 0 fully saturated rings. The molecule has 0 aliphatic heterocycles. The molecule has 5 heteroatoms. The smallest absolute Gasteiger partial charge is 0.345 e. The molecule has 1 heterocycles. The topological polar surface area (TPSA) is 75.2 Å². The number of rotatable bonds is 2. The van der Waals surface area contributed by atoms with E-state index >= 15 is 0 Å². The van der Waals surface area contributed by atoms with E-state index in [0.717, 1.165) is 0 Å². The number of aromatic nitrogens is 2. The third-order valence-corrected chi connectivity index (χ3v) is 1.72. The number of aromatic hydroxyl groups is 1. The highest BCUT2D eigenvalue weighted by Gasteiger charge is 1.97. The molecule has 0 saturated carbocycles. The van der Waals surface area contributed by atoms with Gasteiger partial charge in [0.25, 0.3) is 0 Å². The monoisotopic (exact) mass is 204 g/mol. The highest BCUT2D eigenvalue weighted by atomic mass is 16.5. The van der Waals surface area contributed by atoms with Gasteiger partial charge in [0.15, 0.2) is 5.75 Å².